The van der Waals surface area contributed by atoms with Crippen LogP contribution in [-0.4, -0.2) is 28.3 Å². The number of rotatable bonds is 3. The lowest BCUT2D eigenvalue weighted by atomic mass is 9.79. The lowest BCUT2D eigenvalue weighted by Gasteiger charge is -2.32. The van der Waals surface area contributed by atoms with Crippen LogP contribution in [0.3, 0.4) is 0 Å². The standard InChI is InChI=1S/C13H17BF2O3S/c1-12(2)13(3,4)19-14(18-12)9-6-5-7-10(8-9)20(17)11(15)16/h5-8,11H,1-4H3. The van der Waals surface area contributed by atoms with Crippen molar-refractivity contribution in [3.8, 4) is 0 Å². The van der Waals surface area contributed by atoms with Gasteiger partial charge in [0.25, 0.3) is 0 Å². The lowest BCUT2D eigenvalue weighted by molar-refractivity contribution is 0.00578. The van der Waals surface area contributed by atoms with Gasteiger partial charge >= 0.3 is 12.9 Å². The van der Waals surface area contributed by atoms with Crippen molar-refractivity contribution < 1.29 is 22.3 Å². The maximum atomic E-state index is 12.5. The van der Waals surface area contributed by atoms with Crippen LogP contribution in [0.4, 0.5) is 8.78 Å². The largest absolute Gasteiger partial charge is 0.494 e. The van der Waals surface area contributed by atoms with Crippen LogP contribution in [-0.2, 0) is 20.1 Å². The molecule has 110 valence electrons. The second-order valence-electron chi connectivity index (χ2n) is 5.72. The van der Waals surface area contributed by atoms with Gasteiger partial charge in [0.1, 0.15) is 10.8 Å². The summed E-state index contributed by atoms with van der Waals surface area (Å²) in [6, 6.07) is 6.16. The van der Waals surface area contributed by atoms with E-state index in [1.165, 1.54) is 12.1 Å². The molecule has 3 nitrogen and oxygen atoms in total. The lowest BCUT2D eigenvalue weighted by Crippen LogP contribution is -2.41. The van der Waals surface area contributed by atoms with Gasteiger partial charge in [0.2, 0.25) is 0 Å². The minimum Gasteiger partial charge on any atom is -0.399 e. The Balaban J connectivity index is 2.28. The minimum absolute atomic E-state index is 0.0761. The van der Waals surface area contributed by atoms with E-state index in [4.69, 9.17) is 9.31 Å². The molecule has 1 unspecified atom stereocenters. The monoisotopic (exact) mass is 302 g/mol. The van der Waals surface area contributed by atoms with Crippen LogP contribution < -0.4 is 5.46 Å². The summed E-state index contributed by atoms with van der Waals surface area (Å²) >= 11 is 0. The highest BCUT2D eigenvalue weighted by molar-refractivity contribution is 7.85. The predicted octanol–water partition coefficient (Wildman–Crippen LogP) is 2.32. The summed E-state index contributed by atoms with van der Waals surface area (Å²) in [6.45, 7) is 7.64. The highest BCUT2D eigenvalue weighted by Crippen LogP contribution is 2.36. The van der Waals surface area contributed by atoms with E-state index in [-0.39, 0.29) is 4.90 Å². The molecule has 1 saturated heterocycles. The third-order valence-corrected chi connectivity index (χ3v) is 4.82. The van der Waals surface area contributed by atoms with Gasteiger partial charge in [-0.2, -0.15) is 8.78 Å². The number of hydrogen-bond donors (Lipinski definition) is 0. The van der Waals surface area contributed by atoms with Gasteiger partial charge in [-0.25, -0.2) is 4.21 Å². The number of benzene rings is 1. The Morgan fingerprint density at radius 2 is 1.70 bits per heavy atom. The molecule has 0 radical (unpaired) electrons. The Hall–Kier alpha value is -0.785. The van der Waals surface area contributed by atoms with E-state index >= 15 is 0 Å². The molecular weight excluding hydrogens is 285 g/mol. The second kappa shape index (κ2) is 5.20. The Kier molecular flexibility index (Phi) is 4.06. The topological polar surface area (TPSA) is 35.5 Å². The van der Waals surface area contributed by atoms with Crippen molar-refractivity contribution in [2.45, 2.75) is 49.6 Å². The molecule has 1 atom stereocenters. The first-order chi connectivity index (χ1) is 9.14. The SMILES string of the molecule is CC1(C)OB(c2cccc(S(=O)C(F)F)c2)OC1(C)C. The Morgan fingerprint density at radius 1 is 1.15 bits per heavy atom. The van der Waals surface area contributed by atoms with Crippen molar-refractivity contribution in [1.82, 2.24) is 0 Å². The normalized spacial score (nSPS) is 22.2. The molecule has 1 aromatic rings. The van der Waals surface area contributed by atoms with Crippen LogP contribution in [0.25, 0.3) is 0 Å². The quantitative estimate of drug-likeness (QED) is 0.804. The molecule has 2 rings (SSSR count). The van der Waals surface area contributed by atoms with Crippen molar-refractivity contribution in [2.24, 2.45) is 0 Å². The highest BCUT2D eigenvalue weighted by atomic mass is 32.2. The van der Waals surface area contributed by atoms with E-state index in [1.54, 1.807) is 12.1 Å². The summed E-state index contributed by atoms with van der Waals surface area (Å²) in [5.74, 6) is -2.90. The molecule has 0 aliphatic carbocycles. The number of hydrogen-bond acceptors (Lipinski definition) is 3. The predicted molar refractivity (Wildman–Crippen MR) is 74.6 cm³/mol. The molecule has 0 saturated carbocycles. The van der Waals surface area contributed by atoms with E-state index in [2.05, 4.69) is 0 Å². The maximum Gasteiger partial charge on any atom is 0.494 e. The number of halogens is 2. The number of alkyl halides is 2. The van der Waals surface area contributed by atoms with Crippen LogP contribution in [0.5, 0.6) is 0 Å². The van der Waals surface area contributed by atoms with Gasteiger partial charge in [0, 0.05) is 4.90 Å². The molecule has 0 bridgehead atoms. The van der Waals surface area contributed by atoms with Crippen molar-refractivity contribution in [3.63, 3.8) is 0 Å². The average Bonchev–Trinajstić information content (AvgIpc) is 2.57. The molecular formula is C13H17BF2O3S. The van der Waals surface area contributed by atoms with E-state index in [1.807, 2.05) is 27.7 Å². The molecule has 1 aromatic carbocycles. The fourth-order valence-electron chi connectivity index (χ4n) is 1.87. The molecule has 1 aliphatic heterocycles. The summed E-state index contributed by atoms with van der Waals surface area (Å²) in [5.41, 5.74) is -0.416. The van der Waals surface area contributed by atoms with E-state index in [0.29, 0.717) is 5.46 Å². The van der Waals surface area contributed by atoms with Crippen molar-refractivity contribution in [2.75, 3.05) is 0 Å². The summed E-state index contributed by atoms with van der Waals surface area (Å²) in [6.07, 6.45) is 0. The third kappa shape index (κ3) is 2.80. The first kappa shape index (κ1) is 15.6. The summed E-state index contributed by atoms with van der Waals surface area (Å²) in [4.78, 5) is 0.0761. The van der Waals surface area contributed by atoms with Gasteiger partial charge in [-0.3, -0.25) is 0 Å². The van der Waals surface area contributed by atoms with Crippen LogP contribution >= 0.6 is 0 Å². The molecule has 1 heterocycles. The van der Waals surface area contributed by atoms with Gasteiger partial charge in [-0.15, -0.1) is 0 Å². The molecule has 1 aliphatic rings. The first-order valence-electron chi connectivity index (χ1n) is 6.28. The highest BCUT2D eigenvalue weighted by Gasteiger charge is 2.51. The van der Waals surface area contributed by atoms with Crippen molar-refractivity contribution in [1.29, 1.82) is 0 Å². The van der Waals surface area contributed by atoms with E-state index < -0.39 is 34.9 Å². The first-order valence-corrected chi connectivity index (χ1v) is 7.50. The average molecular weight is 302 g/mol. The fourth-order valence-corrected chi connectivity index (χ4v) is 2.54. The van der Waals surface area contributed by atoms with Crippen LogP contribution in [0.1, 0.15) is 27.7 Å². The van der Waals surface area contributed by atoms with E-state index in [0.717, 1.165) is 0 Å². The molecule has 0 aromatic heterocycles. The van der Waals surface area contributed by atoms with Gasteiger partial charge in [0.15, 0.2) is 0 Å². The second-order valence-corrected chi connectivity index (χ2v) is 7.14. The zero-order valence-corrected chi connectivity index (χ0v) is 12.7. The zero-order valence-electron chi connectivity index (χ0n) is 11.9. The van der Waals surface area contributed by atoms with Crippen molar-refractivity contribution >= 4 is 23.4 Å². The fraction of sp³-hybridized carbons (Fsp3) is 0.538. The van der Waals surface area contributed by atoms with Gasteiger partial charge in [0.05, 0.1) is 11.2 Å². The third-order valence-electron chi connectivity index (χ3n) is 3.78. The minimum atomic E-state index is -2.90. The van der Waals surface area contributed by atoms with Gasteiger partial charge in [-0.1, -0.05) is 12.1 Å². The smallest absolute Gasteiger partial charge is 0.399 e. The van der Waals surface area contributed by atoms with Crippen LogP contribution in [0.2, 0.25) is 0 Å². The Morgan fingerprint density at radius 3 is 2.20 bits per heavy atom. The molecule has 0 amide bonds. The zero-order chi connectivity index (χ0) is 15.1. The van der Waals surface area contributed by atoms with Crippen LogP contribution in [0, 0.1) is 0 Å². The van der Waals surface area contributed by atoms with E-state index in [9.17, 15) is 13.0 Å². The Labute approximate surface area is 120 Å². The maximum absolute atomic E-state index is 12.5. The molecule has 0 spiro atoms. The summed E-state index contributed by atoms with van der Waals surface area (Å²) in [5, 5.41) is 0. The van der Waals surface area contributed by atoms with Crippen LogP contribution in [0.15, 0.2) is 29.2 Å². The van der Waals surface area contributed by atoms with Gasteiger partial charge < -0.3 is 9.31 Å². The molecule has 0 N–H and O–H groups in total. The summed E-state index contributed by atoms with van der Waals surface area (Å²) in [7, 11) is -2.97. The van der Waals surface area contributed by atoms with Crippen molar-refractivity contribution in [3.05, 3.63) is 24.3 Å². The molecule has 20 heavy (non-hydrogen) atoms. The molecule has 1 fully saturated rings. The Bertz CT molecular complexity index is 518. The van der Waals surface area contributed by atoms with Gasteiger partial charge in [-0.05, 0) is 45.3 Å². The molecule has 7 heteroatoms. The summed E-state index contributed by atoms with van der Waals surface area (Å²) < 4.78 is 48.1.